The van der Waals surface area contributed by atoms with Crippen molar-refractivity contribution in [3.8, 4) is 11.1 Å². The molecule has 0 fully saturated rings. The van der Waals surface area contributed by atoms with Crippen LogP contribution in [-0.2, 0) is 6.54 Å². The first-order chi connectivity index (χ1) is 7.72. The highest BCUT2D eigenvalue weighted by Crippen LogP contribution is 2.26. The molecule has 82 valence electrons. The van der Waals surface area contributed by atoms with Crippen LogP contribution >= 0.6 is 0 Å². The molecule has 3 nitrogen and oxygen atoms in total. The summed E-state index contributed by atoms with van der Waals surface area (Å²) in [5.41, 5.74) is 15.8. The second-order valence-electron chi connectivity index (χ2n) is 3.79. The zero-order chi connectivity index (χ0) is 11.5. The van der Waals surface area contributed by atoms with Crippen molar-refractivity contribution >= 4 is 5.82 Å². The molecule has 0 spiro atoms. The SMILES string of the molecule is Cc1ccc(-c2ccnc(N)c2CN)cc1. The zero-order valence-electron chi connectivity index (χ0n) is 9.27. The molecule has 0 bridgehead atoms. The number of nitrogens with two attached hydrogens (primary N) is 2. The molecular weight excluding hydrogens is 198 g/mol. The van der Waals surface area contributed by atoms with Crippen LogP contribution in [0.4, 0.5) is 5.82 Å². The summed E-state index contributed by atoms with van der Waals surface area (Å²) >= 11 is 0. The number of nitrogen functional groups attached to an aromatic ring is 1. The Morgan fingerprint density at radius 2 is 1.81 bits per heavy atom. The fourth-order valence-corrected chi connectivity index (χ4v) is 1.73. The van der Waals surface area contributed by atoms with Gasteiger partial charge in [-0.05, 0) is 24.1 Å². The third-order valence-electron chi connectivity index (χ3n) is 2.66. The van der Waals surface area contributed by atoms with E-state index in [2.05, 4.69) is 36.2 Å². The highest BCUT2D eigenvalue weighted by atomic mass is 14.8. The van der Waals surface area contributed by atoms with Gasteiger partial charge in [0.2, 0.25) is 0 Å². The van der Waals surface area contributed by atoms with Crippen LogP contribution in [0.5, 0.6) is 0 Å². The van der Waals surface area contributed by atoms with E-state index in [9.17, 15) is 0 Å². The van der Waals surface area contributed by atoms with Crippen molar-refractivity contribution in [2.24, 2.45) is 5.73 Å². The molecule has 0 atom stereocenters. The van der Waals surface area contributed by atoms with E-state index in [1.807, 2.05) is 6.07 Å². The molecule has 2 rings (SSSR count). The van der Waals surface area contributed by atoms with Crippen LogP contribution in [0.3, 0.4) is 0 Å². The van der Waals surface area contributed by atoms with Gasteiger partial charge in [0.25, 0.3) is 0 Å². The van der Waals surface area contributed by atoms with Crippen LogP contribution in [0.25, 0.3) is 11.1 Å². The van der Waals surface area contributed by atoms with E-state index in [1.165, 1.54) is 5.56 Å². The summed E-state index contributed by atoms with van der Waals surface area (Å²) in [4.78, 5) is 4.05. The van der Waals surface area contributed by atoms with Gasteiger partial charge in [0.1, 0.15) is 5.82 Å². The van der Waals surface area contributed by atoms with Crippen molar-refractivity contribution < 1.29 is 0 Å². The molecule has 2 aromatic rings. The summed E-state index contributed by atoms with van der Waals surface area (Å²) in [6.45, 7) is 2.47. The van der Waals surface area contributed by atoms with Gasteiger partial charge >= 0.3 is 0 Å². The number of benzene rings is 1. The zero-order valence-corrected chi connectivity index (χ0v) is 9.27. The molecule has 0 aliphatic carbocycles. The molecule has 0 aliphatic rings. The summed E-state index contributed by atoms with van der Waals surface area (Å²) in [5.74, 6) is 0.514. The molecule has 1 heterocycles. The number of aromatic nitrogens is 1. The Morgan fingerprint density at radius 3 is 2.44 bits per heavy atom. The van der Waals surface area contributed by atoms with Crippen LogP contribution < -0.4 is 11.5 Å². The van der Waals surface area contributed by atoms with E-state index in [0.717, 1.165) is 16.7 Å². The lowest BCUT2D eigenvalue weighted by atomic mass is 10.00. The van der Waals surface area contributed by atoms with E-state index in [0.29, 0.717) is 12.4 Å². The van der Waals surface area contributed by atoms with Gasteiger partial charge in [-0.2, -0.15) is 0 Å². The first kappa shape index (κ1) is 10.6. The average molecular weight is 213 g/mol. The van der Waals surface area contributed by atoms with Crippen LogP contribution in [0.1, 0.15) is 11.1 Å². The topological polar surface area (TPSA) is 64.9 Å². The molecule has 1 aromatic heterocycles. The Balaban J connectivity index is 2.55. The maximum atomic E-state index is 5.81. The lowest BCUT2D eigenvalue weighted by Gasteiger charge is -2.09. The monoisotopic (exact) mass is 213 g/mol. The van der Waals surface area contributed by atoms with Crippen molar-refractivity contribution in [2.75, 3.05) is 5.73 Å². The molecule has 4 N–H and O–H groups in total. The molecule has 0 amide bonds. The van der Waals surface area contributed by atoms with Gasteiger partial charge in [0.15, 0.2) is 0 Å². The van der Waals surface area contributed by atoms with Crippen LogP contribution in [-0.4, -0.2) is 4.98 Å². The smallest absolute Gasteiger partial charge is 0.128 e. The number of pyridine rings is 1. The van der Waals surface area contributed by atoms with Gasteiger partial charge in [0.05, 0.1) is 0 Å². The summed E-state index contributed by atoms with van der Waals surface area (Å²) in [7, 11) is 0. The largest absolute Gasteiger partial charge is 0.383 e. The predicted molar refractivity (Wildman–Crippen MR) is 66.7 cm³/mol. The van der Waals surface area contributed by atoms with Crippen molar-refractivity contribution in [2.45, 2.75) is 13.5 Å². The number of rotatable bonds is 2. The van der Waals surface area contributed by atoms with E-state index in [-0.39, 0.29) is 0 Å². The molecular formula is C13H15N3. The standard InChI is InChI=1S/C13H15N3/c1-9-2-4-10(5-3-9)11-6-7-16-13(15)12(11)8-14/h2-7H,8,14H2,1H3,(H2,15,16). The highest BCUT2D eigenvalue weighted by molar-refractivity contribution is 5.71. The van der Waals surface area contributed by atoms with Crippen molar-refractivity contribution in [3.05, 3.63) is 47.7 Å². The molecule has 0 saturated heterocycles. The molecule has 3 heteroatoms. The minimum absolute atomic E-state index is 0.406. The number of nitrogens with zero attached hydrogens (tertiary/aromatic N) is 1. The van der Waals surface area contributed by atoms with Crippen LogP contribution in [0.15, 0.2) is 36.5 Å². The van der Waals surface area contributed by atoms with E-state index in [1.54, 1.807) is 6.20 Å². The molecule has 0 aliphatic heterocycles. The van der Waals surface area contributed by atoms with Crippen LogP contribution in [0.2, 0.25) is 0 Å². The van der Waals surface area contributed by atoms with Gasteiger partial charge in [-0.1, -0.05) is 29.8 Å². The van der Waals surface area contributed by atoms with Gasteiger partial charge in [0, 0.05) is 18.3 Å². The van der Waals surface area contributed by atoms with Gasteiger partial charge in [-0.25, -0.2) is 4.98 Å². The quantitative estimate of drug-likeness (QED) is 0.802. The number of aryl methyl sites for hydroxylation is 1. The summed E-state index contributed by atoms with van der Waals surface area (Å²) in [6.07, 6.45) is 1.71. The molecule has 16 heavy (non-hydrogen) atoms. The summed E-state index contributed by atoms with van der Waals surface area (Å²) < 4.78 is 0. The Bertz CT molecular complexity index is 489. The maximum absolute atomic E-state index is 5.81. The van der Waals surface area contributed by atoms with E-state index >= 15 is 0 Å². The van der Waals surface area contributed by atoms with Crippen molar-refractivity contribution in [1.29, 1.82) is 0 Å². The fourth-order valence-electron chi connectivity index (χ4n) is 1.73. The summed E-state index contributed by atoms with van der Waals surface area (Å²) in [5, 5.41) is 0. The lowest BCUT2D eigenvalue weighted by Crippen LogP contribution is -2.05. The third-order valence-corrected chi connectivity index (χ3v) is 2.66. The molecule has 0 saturated carbocycles. The summed E-state index contributed by atoms with van der Waals surface area (Å²) in [6, 6.07) is 10.2. The van der Waals surface area contributed by atoms with E-state index < -0.39 is 0 Å². The minimum atomic E-state index is 0.406. The third kappa shape index (κ3) is 1.90. The van der Waals surface area contributed by atoms with Crippen LogP contribution in [0, 0.1) is 6.92 Å². The van der Waals surface area contributed by atoms with E-state index in [4.69, 9.17) is 11.5 Å². The second-order valence-corrected chi connectivity index (χ2v) is 3.79. The first-order valence-corrected chi connectivity index (χ1v) is 5.23. The Morgan fingerprint density at radius 1 is 1.12 bits per heavy atom. The average Bonchev–Trinajstić information content (AvgIpc) is 2.30. The predicted octanol–water partition coefficient (Wildman–Crippen LogP) is 2.10. The fraction of sp³-hybridized carbons (Fsp3) is 0.154. The molecule has 1 aromatic carbocycles. The minimum Gasteiger partial charge on any atom is -0.383 e. The Hall–Kier alpha value is -1.87. The van der Waals surface area contributed by atoms with Gasteiger partial charge in [-0.3, -0.25) is 0 Å². The van der Waals surface area contributed by atoms with Crippen molar-refractivity contribution in [1.82, 2.24) is 4.98 Å². The molecule has 0 radical (unpaired) electrons. The van der Waals surface area contributed by atoms with Crippen molar-refractivity contribution in [3.63, 3.8) is 0 Å². The second kappa shape index (κ2) is 4.33. The number of hydrogen-bond acceptors (Lipinski definition) is 3. The number of anilines is 1. The van der Waals surface area contributed by atoms with Gasteiger partial charge < -0.3 is 11.5 Å². The maximum Gasteiger partial charge on any atom is 0.128 e. The molecule has 0 unspecified atom stereocenters. The first-order valence-electron chi connectivity index (χ1n) is 5.23. The Labute approximate surface area is 95.1 Å². The highest BCUT2D eigenvalue weighted by Gasteiger charge is 2.07. The van der Waals surface area contributed by atoms with Gasteiger partial charge in [-0.15, -0.1) is 0 Å². The lowest BCUT2D eigenvalue weighted by molar-refractivity contribution is 1.06. The number of hydrogen-bond donors (Lipinski definition) is 2. The Kier molecular flexibility index (Phi) is 2.88. The normalized spacial score (nSPS) is 10.4.